The third kappa shape index (κ3) is 3.24. The van der Waals surface area contributed by atoms with Gasteiger partial charge in [0.05, 0.1) is 12.1 Å². The quantitative estimate of drug-likeness (QED) is 0.803. The number of nitrogens with zero attached hydrogens (tertiary/aromatic N) is 2. The highest BCUT2D eigenvalue weighted by molar-refractivity contribution is 5.77. The fourth-order valence-corrected chi connectivity index (χ4v) is 2.21. The van der Waals surface area contributed by atoms with Gasteiger partial charge in [0.25, 0.3) is 0 Å². The van der Waals surface area contributed by atoms with Crippen LogP contribution in [0.1, 0.15) is 31.2 Å². The first-order valence-corrected chi connectivity index (χ1v) is 6.21. The van der Waals surface area contributed by atoms with Crippen LogP contribution in [0.5, 0.6) is 5.75 Å². The van der Waals surface area contributed by atoms with Crippen LogP contribution in [0.2, 0.25) is 0 Å². The topological polar surface area (TPSA) is 84.9 Å². The molecule has 102 valence electrons. The number of ketones is 1. The summed E-state index contributed by atoms with van der Waals surface area (Å²) in [4.78, 5) is 11.5. The Balaban J connectivity index is 3.34. The highest BCUT2D eigenvalue weighted by Gasteiger charge is 2.40. The number of hydrogen-bond acceptors (Lipinski definition) is 4. The molecule has 0 fully saturated rings. The molecule has 1 unspecified atom stereocenters. The number of carbonyl (C=O) groups is 1. The van der Waals surface area contributed by atoms with Gasteiger partial charge >= 0.3 is 0 Å². The SMILES string of the molecule is C=CCC(C#N)(C#N)C(CC(C)=O)c1ccc(O)cc1. The molecule has 0 saturated heterocycles. The maximum atomic E-state index is 11.5. The van der Waals surface area contributed by atoms with Crippen molar-refractivity contribution in [2.45, 2.75) is 25.7 Å². The summed E-state index contributed by atoms with van der Waals surface area (Å²) in [6.45, 7) is 5.01. The zero-order valence-corrected chi connectivity index (χ0v) is 11.3. The molecule has 1 rings (SSSR count). The predicted molar refractivity (Wildman–Crippen MR) is 74.6 cm³/mol. The van der Waals surface area contributed by atoms with E-state index >= 15 is 0 Å². The smallest absolute Gasteiger partial charge is 0.154 e. The average Bonchev–Trinajstić information content (AvgIpc) is 2.43. The van der Waals surface area contributed by atoms with E-state index in [2.05, 4.69) is 6.58 Å². The molecule has 0 radical (unpaired) electrons. The lowest BCUT2D eigenvalue weighted by molar-refractivity contribution is -0.117. The second kappa shape index (κ2) is 6.54. The summed E-state index contributed by atoms with van der Waals surface area (Å²) in [5, 5.41) is 28.2. The van der Waals surface area contributed by atoms with Crippen molar-refractivity contribution < 1.29 is 9.90 Å². The molecule has 1 aromatic rings. The summed E-state index contributed by atoms with van der Waals surface area (Å²) in [5.41, 5.74) is -0.646. The summed E-state index contributed by atoms with van der Waals surface area (Å²) in [6.07, 6.45) is 1.79. The highest BCUT2D eigenvalue weighted by Crippen LogP contribution is 2.41. The Morgan fingerprint density at radius 3 is 2.35 bits per heavy atom. The van der Waals surface area contributed by atoms with Crippen LogP contribution in [0.25, 0.3) is 0 Å². The van der Waals surface area contributed by atoms with Crippen molar-refractivity contribution >= 4 is 5.78 Å². The molecule has 0 aromatic heterocycles. The second-order valence-electron chi connectivity index (χ2n) is 4.74. The van der Waals surface area contributed by atoms with Gasteiger partial charge in [-0.2, -0.15) is 10.5 Å². The molecule has 4 nitrogen and oxygen atoms in total. The van der Waals surface area contributed by atoms with Crippen molar-refractivity contribution in [2.75, 3.05) is 0 Å². The van der Waals surface area contributed by atoms with Crippen molar-refractivity contribution in [1.82, 2.24) is 0 Å². The van der Waals surface area contributed by atoms with Crippen molar-refractivity contribution in [3.63, 3.8) is 0 Å². The number of Topliss-reactive ketones (excluding diaryl/α,β-unsaturated/α-hetero) is 1. The summed E-state index contributed by atoms with van der Waals surface area (Å²) in [5.74, 6) is -0.547. The number of aromatic hydroxyl groups is 1. The van der Waals surface area contributed by atoms with Gasteiger partial charge < -0.3 is 9.90 Å². The number of hydrogen-bond donors (Lipinski definition) is 1. The van der Waals surface area contributed by atoms with E-state index in [0.717, 1.165) is 0 Å². The molecular formula is C16H16N2O2. The van der Waals surface area contributed by atoms with Gasteiger partial charge in [-0.15, -0.1) is 6.58 Å². The average molecular weight is 268 g/mol. The third-order valence-corrected chi connectivity index (χ3v) is 3.25. The van der Waals surface area contributed by atoms with Gasteiger partial charge in [0.1, 0.15) is 11.5 Å². The molecule has 4 heteroatoms. The van der Waals surface area contributed by atoms with Crippen LogP contribution in [0, 0.1) is 28.1 Å². The van der Waals surface area contributed by atoms with Gasteiger partial charge in [-0.25, -0.2) is 0 Å². The number of allylic oxidation sites excluding steroid dienone is 1. The minimum atomic E-state index is -1.33. The lowest BCUT2D eigenvalue weighted by atomic mass is 9.70. The van der Waals surface area contributed by atoms with Crippen LogP contribution in [0.3, 0.4) is 0 Å². The van der Waals surface area contributed by atoms with E-state index in [4.69, 9.17) is 0 Å². The Bertz CT molecular complexity index is 562. The van der Waals surface area contributed by atoms with Crippen LogP contribution in [-0.4, -0.2) is 10.9 Å². The number of carbonyl (C=O) groups excluding carboxylic acids is 1. The maximum absolute atomic E-state index is 11.5. The van der Waals surface area contributed by atoms with Crippen LogP contribution < -0.4 is 0 Å². The summed E-state index contributed by atoms with van der Waals surface area (Å²) < 4.78 is 0. The van der Waals surface area contributed by atoms with Crippen molar-refractivity contribution in [3.05, 3.63) is 42.5 Å². The fraction of sp³-hybridized carbons (Fsp3) is 0.312. The molecule has 0 aliphatic heterocycles. The largest absolute Gasteiger partial charge is 0.508 e. The number of benzene rings is 1. The molecule has 0 spiro atoms. The molecule has 0 aliphatic carbocycles. The minimum absolute atomic E-state index is 0.0954. The van der Waals surface area contributed by atoms with Crippen molar-refractivity contribution in [2.24, 2.45) is 5.41 Å². The number of phenols is 1. The van der Waals surface area contributed by atoms with Gasteiger partial charge in [0.2, 0.25) is 0 Å². The summed E-state index contributed by atoms with van der Waals surface area (Å²) >= 11 is 0. The van der Waals surface area contributed by atoms with E-state index in [0.29, 0.717) is 5.56 Å². The van der Waals surface area contributed by atoms with E-state index in [1.807, 2.05) is 12.1 Å². The van der Waals surface area contributed by atoms with Gasteiger partial charge in [-0.05, 0) is 31.0 Å². The van der Waals surface area contributed by atoms with Gasteiger partial charge in [-0.3, -0.25) is 0 Å². The zero-order valence-electron chi connectivity index (χ0n) is 11.3. The van der Waals surface area contributed by atoms with E-state index in [9.17, 15) is 20.4 Å². The number of nitriles is 2. The van der Waals surface area contributed by atoms with Crippen LogP contribution in [-0.2, 0) is 4.79 Å². The molecule has 0 saturated carbocycles. The van der Waals surface area contributed by atoms with E-state index < -0.39 is 11.3 Å². The van der Waals surface area contributed by atoms with E-state index in [1.165, 1.54) is 25.1 Å². The molecule has 1 aromatic carbocycles. The molecule has 0 aliphatic rings. The predicted octanol–water partition coefficient (Wildman–Crippen LogP) is 3.06. The first kappa shape index (κ1) is 15.5. The van der Waals surface area contributed by atoms with Gasteiger partial charge in [0.15, 0.2) is 5.41 Å². The Labute approximate surface area is 118 Å². The molecule has 0 heterocycles. The zero-order chi connectivity index (χ0) is 15.2. The molecule has 20 heavy (non-hydrogen) atoms. The molecule has 1 atom stereocenters. The second-order valence-corrected chi connectivity index (χ2v) is 4.74. The Morgan fingerprint density at radius 1 is 1.40 bits per heavy atom. The first-order chi connectivity index (χ1) is 9.49. The van der Waals surface area contributed by atoms with Gasteiger partial charge in [0, 0.05) is 12.3 Å². The van der Waals surface area contributed by atoms with Crippen LogP contribution in [0.4, 0.5) is 0 Å². The summed E-state index contributed by atoms with van der Waals surface area (Å²) in [6, 6.07) is 10.3. The summed E-state index contributed by atoms with van der Waals surface area (Å²) in [7, 11) is 0. The van der Waals surface area contributed by atoms with Crippen LogP contribution >= 0.6 is 0 Å². The Kier molecular flexibility index (Phi) is 5.06. The third-order valence-electron chi connectivity index (χ3n) is 3.25. The minimum Gasteiger partial charge on any atom is -0.508 e. The lowest BCUT2D eigenvalue weighted by Crippen LogP contribution is -2.27. The van der Waals surface area contributed by atoms with Crippen LogP contribution in [0.15, 0.2) is 36.9 Å². The van der Waals surface area contributed by atoms with Crippen molar-refractivity contribution in [1.29, 1.82) is 10.5 Å². The monoisotopic (exact) mass is 268 g/mol. The Morgan fingerprint density at radius 2 is 1.95 bits per heavy atom. The van der Waals surface area contributed by atoms with Crippen molar-refractivity contribution in [3.8, 4) is 17.9 Å². The Hall–Kier alpha value is -2.59. The molecule has 1 N–H and O–H groups in total. The number of phenolic OH excluding ortho intramolecular Hbond substituents is 1. The lowest BCUT2D eigenvalue weighted by Gasteiger charge is -2.28. The highest BCUT2D eigenvalue weighted by atomic mass is 16.3. The fourth-order valence-electron chi connectivity index (χ4n) is 2.21. The molecule has 0 bridgehead atoms. The van der Waals surface area contributed by atoms with E-state index in [1.54, 1.807) is 12.1 Å². The molecular weight excluding hydrogens is 252 g/mol. The van der Waals surface area contributed by atoms with E-state index in [-0.39, 0.29) is 24.4 Å². The maximum Gasteiger partial charge on any atom is 0.154 e. The number of rotatable bonds is 6. The normalized spacial score (nSPS) is 11.9. The van der Waals surface area contributed by atoms with Gasteiger partial charge in [-0.1, -0.05) is 18.2 Å². The first-order valence-electron chi connectivity index (χ1n) is 6.21. The standard InChI is InChI=1S/C16H16N2O2/c1-3-8-16(10-17,11-18)15(9-12(2)19)13-4-6-14(20)7-5-13/h3-7,15,20H,1,8-9H2,2H3. The molecule has 0 amide bonds.